The van der Waals surface area contributed by atoms with E-state index < -0.39 is 73.5 Å². The summed E-state index contributed by atoms with van der Waals surface area (Å²) >= 11 is 0. The first kappa shape index (κ1) is 27.6. The van der Waals surface area contributed by atoms with E-state index in [4.69, 9.17) is 18.9 Å². The predicted molar refractivity (Wildman–Crippen MR) is 127 cm³/mol. The lowest BCUT2D eigenvalue weighted by atomic mass is 9.82. The highest BCUT2D eigenvalue weighted by Gasteiger charge is 2.46. The number of aliphatic hydroxyl groups is 6. The van der Waals surface area contributed by atoms with Crippen LogP contribution in [-0.2, 0) is 14.2 Å². The molecule has 0 spiro atoms. The van der Waals surface area contributed by atoms with Crippen molar-refractivity contribution < 1.29 is 64.3 Å². The molecule has 210 valence electrons. The second-order valence-electron chi connectivity index (χ2n) is 9.74. The van der Waals surface area contributed by atoms with Gasteiger partial charge in [-0.2, -0.15) is 0 Å². The van der Waals surface area contributed by atoms with Crippen LogP contribution in [0.1, 0.15) is 37.4 Å². The van der Waals surface area contributed by atoms with Crippen LogP contribution < -0.4 is 4.74 Å². The van der Waals surface area contributed by atoms with Crippen LogP contribution >= 0.6 is 0 Å². The second-order valence-corrected chi connectivity index (χ2v) is 9.74. The number of aromatic hydroxyl groups is 1. The van der Waals surface area contributed by atoms with Crippen LogP contribution in [-0.4, -0.2) is 116 Å². The van der Waals surface area contributed by atoms with E-state index >= 15 is 0 Å². The van der Waals surface area contributed by atoms with E-state index in [0.29, 0.717) is 5.56 Å². The third kappa shape index (κ3) is 4.82. The van der Waals surface area contributed by atoms with Crippen LogP contribution in [0.25, 0.3) is 0 Å². The van der Waals surface area contributed by atoms with Crippen molar-refractivity contribution in [1.82, 2.24) is 0 Å². The number of aliphatic hydroxyl groups excluding tert-OH is 6. The van der Waals surface area contributed by atoms with Crippen molar-refractivity contribution in [2.24, 2.45) is 0 Å². The number of ether oxygens (including phenoxy) is 4. The van der Waals surface area contributed by atoms with Crippen LogP contribution in [0.3, 0.4) is 0 Å². The smallest absolute Gasteiger partial charge is 0.229 e. The molecule has 2 aromatic carbocycles. The summed E-state index contributed by atoms with van der Waals surface area (Å²) in [5, 5.41) is 70.9. The van der Waals surface area contributed by atoms with Crippen molar-refractivity contribution in [1.29, 1.82) is 0 Å². The quantitative estimate of drug-likeness (QED) is 0.186. The van der Waals surface area contributed by atoms with E-state index in [0.717, 1.165) is 0 Å². The van der Waals surface area contributed by atoms with Gasteiger partial charge in [0.1, 0.15) is 54.2 Å². The molecule has 13 heteroatoms. The van der Waals surface area contributed by atoms with Crippen LogP contribution in [0.4, 0.5) is 0 Å². The molecule has 0 radical (unpaired) electrons. The molecule has 5 rings (SSSR count). The van der Waals surface area contributed by atoms with Gasteiger partial charge in [0.15, 0.2) is 17.9 Å². The highest BCUT2D eigenvalue weighted by Crippen LogP contribution is 2.36. The van der Waals surface area contributed by atoms with Crippen LogP contribution in [0.2, 0.25) is 0 Å². The third-order valence-corrected chi connectivity index (χ3v) is 7.13. The van der Waals surface area contributed by atoms with E-state index in [2.05, 4.69) is 0 Å². The van der Waals surface area contributed by atoms with Gasteiger partial charge in [0.2, 0.25) is 6.29 Å². The molecule has 7 N–H and O–H groups in total. The Morgan fingerprint density at radius 3 is 2.26 bits per heavy atom. The van der Waals surface area contributed by atoms with Crippen molar-refractivity contribution in [3.63, 3.8) is 0 Å². The number of aryl methyl sites for hydroxylation is 1. The van der Waals surface area contributed by atoms with Crippen LogP contribution in [0.5, 0.6) is 11.5 Å². The Labute approximate surface area is 221 Å². The lowest BCUT2D eigenvalue weighted by molar-refractivity contribution is -0.307. The molecule has 39 heavy (non-hydrogen) atoms. The fourth-order valence-corrected chi connectivity index (χ4v) is 4.78. The van der Waals surface area contributed by atoms with E-state index in [1.54, 1.807) is 6.92 Å². The van der Waals surface area contributed by atoms with Gasteiger partial charge in [0.05, 0.1) is 18.8 Å². The average molecular weight is 548 g/mol. The fraction of sp³-hybridized carbons (Fsp3) is 0.462. The molecule has 2 fully saturated rings. The molecule has 3 aliphatic rings. The highest BCUT2D eigenvalue weighted by atomic mass is 16.7. The zero-order valence-corrected chi connectivity index (χ0v) is 20.6. The molecule has 2 heterocycles. The number of benzene rings is 2. The first-order valence-electron chi connectivity index (χ1n) is 12.2. The molecule has 1 aliphatic carbocycles. The summed E-state index contributed by atoms with van der Waals surface area (Å²) in [4.78, 5) is 26.1. The normalized spacial score (nSPS) is 34.4. The monoisotopic (exact) mass is 548 g/mol. The Balaban J connectivity index is 1.32. The van der Waals surface area contributed by atoms with Gasteiger partial charge in [-0.05, 0) is 36.8 Å². The molecular formula is C26H28O13. The lowest BCUT2D eigenvalue weighted by Gasteiger charge is -2.41. The van der Waals surface area contributed by atoms with Gasteiger partial charge in [-0.15, -0.1) is 0 Å². The van der Waals surface area contributed by atoms with E-state index in [1.807, 2.05) is 0 Å². The Morgan fingerprint density at radius 1 is 0.821 bits per heavy atom. The maximum absolute atomic E-state index is 13.1. The zero-order valence-electron chi connectivity index (χ0n) is 20.6. The summed E-state index contributed by atoms with van der Waals surface area (Å²) in [5.41, 5.74) is 0.442. The molecule has 13 nitrogen and oxygen atoms in total. The van der Waals surface area contributed by atoms with E-state index in [-0.39, 0.29) is 40.4 Å². The molecule has 0 amide bonds. The molecule has 0 saturated carbocycles. The largest absolute Gasteiger partial charge is 0.507 e. The summed E-state index contributed by atoms with van der Waals surface area (Å²) in [6, 6.07) is 6.92. The maximum atomic E-state index is 13.1. The molecule has 2 saturated heterocycles. The van der Waals surface area contributed by atoms with Gasteiger partial charge in [-0.1, -0.05) is 6.07 Å². The molecular weight excluding hydrogens is 520 g/mol. The van der Waals surface area contributed by atoms with Crippen LogP contribution in [0, 0.1) is 6.92 Å². The minimum Gasteiger partial charge on any atom is -0.507 e. The van der Waals surface area contributed by atoms with Crippen molar-refractivity contribution in [3.05, 3.63) is 58.1 Å². The zero-order chi connectivity index (χ0) is 28.2. The predicted octanol–water partition coefficient (Wildman–Crippen LogP) is -1.88. The number of rotatable bonds is 5. The van der Waals surface area contributed by atoms with Crippen molar-refractivity contribution in [3.8, 4) is 11.5 Å². The SMILES string of the molecule is Cc1ccc2c(c1O)C(=O)c1ccc(OC3OC(COC4OCC(O)C(O)C4O)C(O)C(O)C3O)cc1C2=O. The second kappa shape index (κ2) is 10.5. The van der Waals surface area contributed by atoms with E-state index in [1.165, 1.54) is 30.3 Å². The summed E-state index contributed by atoms with van der Waals surface area (Å²) in [6.45, 7) is 0.830. The fourth-order valence-electron chi connectivity index (χ4n) is 4.78. The molecule has 0 aromatic heterocycles. The van der Waals surface area contributed by atoms with E-state index in [9.17, 15) is 45.3 Å². The number of phenolic OH excluding ortho intramolecular Hbond substituents is 1. The van der Waals surface area contributed by atoms with Crippen LogP contribution in [0.15, 0.2) is 30.3 Å². The van der Waals surface area contributed by atoms with Gasteiger partial charge in [-0.3, -0.25) is 9.59 Å². The molecule has 9 unspecified atom stereocenters. The number of phenols is 1. The van der Waals surface area contributed by atoms with Gasteiger partial charge in [0.25, 0.3) is 0 Å². The molecule has 2 aliphatic heterocycles. The standard InChI is InChI=1S/C26H28O13/c1-9-2-4-12-16(17(9)28)19(30)11-5-3-10(6-13(11)18(12)29)38-26-24(35)22(33)21(32)15(39-26)8-37-25-23(34)20(31)14(27)7-36-25/h2-6,14-15,20-28,31-35H,7-8H2,1H3. The van der Waals surface area contributed by atoms with Crippen molar-refractivity contribution in [2.75, 3.05) is 13.2 Å². The topological polar surface area (TPSA) is 213 Å². The van der Waals surface area contributed by atoms with Crippen molar-refractivity contribution in [2.45, 2.75) is 62.2 Å². The first-order valence-corrected chi connectivity index (χ1v) is 12.2. The number of hydrogen-bond donors (Lipinski definition) is 7. The summed E-state index contributed by atoms with van der Waals surface area (Å²) in [5.74, 6) is -1.33. The Kier molecular flexibility index (Phi) is 7.45. The summed E-state index contributed by atoms with van der Waals surface area (Å²) in [7, 11) is 0. The van der Waals surface area contributed by atoms with Gasteiger partial charge in [-0.25, -0.2) is 0 Å². The third-order valence-electron chi connectivity index (χ3n) is 7.13. The number of carbonyl (C=O) groups excluding carboxylic acids is 2. The number of fused-ring (bicyclic) bond motifs is 2. The lowest BCUT2D eigenvalue weighted by Crippen LogP contribution is -2.61. The highest BCUT2D eigenvalue weighted by molar-refractivity contribution is 6.29. The molecule has 0 bridgehead atoms. The molecule has 2 aromatic rings. The minimum absolute atomic E-state index is 0.00296. The van der Waals surface area contributed by atoms with Gasteiger partial charge in [0, 0.05) is 16.7 Å². The van der Waals surface area contributed by atoms with Gasteiger partial charge >= 0.3 is 0 Å². The number of ketones is 2. The molecule has 9 atom stereocenters. The first-order chi connectivity index (χ1) is 18.5. The van der Waals surface area contributed by atoms with Crippen molar-refractivity contribution >= 4 is 11.6 Å². The Hall–Kier alpha value is -2.98. The number of hydrogen-bond acceptors (Lipinski definition) is 13. The minimum atomic E-state index is -1.74. The van der Waals surface area contributed by atoms with Gasteiger partial charge < -0.3 is 54.7 Å². The number of carbonyl (C=O) groups is 2. The Bertz CT molecular complexity index is 1280. The maximum Gasteiger partial charge on any atom is 0.229 e. The Morgan fingerprint density at radius 2 is 1.51 bits per heavy atom. The average Bonchev–Trinajstić information content (AvgIpc) is 2.92. The summed E-state index contributed by atoms with van der Waals surface area (Å²) < 4.78 is 21.8. The summed E-state index contributed by atoms with van der Waals surface area (Å²) in [6.07, 6.45) is -13.7.